The molecule has 0 aliphatic rings. The van der Waals surface area contributed by atoms with Gasteiger partial charge in [0.05, 0.1) is 5.25 Å². The van der Waals surface area contributed by atoms with Gasteiger partial charge in [0.25, 0.3) is 0 Å². The first-order valence-corrected chi connectivity index (χ1v) is 8.33. The third kappa shape index (κ3) is 3.63. The van der Waals surface area contributed by atoms with Gasteiger partial charge in [-0.3, -0.25) is 9.36 Å². The molecule has 3 aromatic rings. The SMILES string of the molecule is C[C@@H](Sc1nncn1-c1ccccc1)C(=O)c1ccc(Cl)cc1. The van der Waals surface area contributed by atoms with E-state index >= 15 is 0 Å². The summed E-state index contributed by atoms with van der Waals surface area (Å²) in [6.07, 6.45) is 1.65. The van der Waals surface area contributed by atoms with E-state index in [0.29, 0.717) is 15.7 Å². The van der Waals surface area contributed by atoms with E-state index in [1.54, 1.807) is 30.6 Å². The highest BCUT2D eigenvalue weighted by Gasteiger charge is 2.19. The first-order valence-electron chi connectivity index (χ1n) is 7.07. The lowest BCUT2D eigenvalue weighted by Gasteiger charge is -2.11. The zero-order chi connectivity index (χ0) is 16.2. The molecule has 2 aromatic carbocycles. The summed E-state index contributed by atoms with van der Waals surface area (Å²) < 4.78 is 1.87. The number of thioether (sulfide) groups is 1. The molecular weight excluding hydrogens is 330 g/mol. The molecule has 1 aromatic heterocycles. The Hall–Kier alpha value is -2.11. The highest BCUT2D eigenvalue weighted by atomic mass is 35.5. The number of benzene rings is 2. The van der Waals surface area contributed by atoms with Crippen molar-refractivity contribution in [1.82, 2.24) is 14.8 Å². The first kappa shape index (κ1) is 15.8. The van der Waals surface area contributed by atoms with Crippen LogP contribution in [0.2, 0.25) is 5.02 Å². The van der Waals surface area contributed by atoms with Crippen molar-refractivity contribution in [3.8, 4) is 5.69 Å². The summed E-state index contributed by atoms with van der Waals surface area (Å²) in [5, 5.41) is 9.11. The Labute approximate surface area is 143 Å². The third-order valence-electron chi connectivity index (χ3n) is 3.33. The van der Waals surface area contributed by atoms with Gasteiger partial charge >= 0.3 is 0 Å². The minimum Gasteiger partial charge on any atom is -0.293 e. The lowest BCUT2D eigenvalue weighted by molar-refractivity contribution is 0.0994. The molecule has 0 saturated carbocycles. The van der Waals surface area contributed by atoms with Gasteiger partial charge in [0.2, 0.25) is 0 Å². The van der Waals surface area contributed by atoms with E-state index in [-0.39, 0.29) is 11.0 Å². The number of rotatable bonds is 5. The summed E-state index contributed by atoms with van der Waals surface area (Å²) >= 11 is 7.25. The molecular formula is C17H14ClN3OS. The molecule has 1 atom stereocenters. The van der Waals surface area contributed by atoms with Crippen LogP contribution in [0.25, 0.3) is 5.69 Å². The number of hydrogen-bond acceptors (Lipinski definition) is 4. The number of carbonyl (C=O) groups is 1. The van der Waals surface area contributed by atoms with E-state index < -0.39 is 0 Å². The zero-order valence-electron chi connectivity index (χ0n) is 12.4. The molecule has 116 valence electrons. The fourth-order valence-corrected chi connectivity index (χ4v) is 3.18. The molecule has 0 amide bonds. The number of halogens is 1. The summed E-state index contributed by atoms with van der Waals surface area (Å²) in [4.78, 5) is 12.5. The van der Waals surface area contributed by atoms with Crippen molar-refractivity contribution in [2.45, 2.75) is 17.3 Å². The van der Waals surface area contributed by atoms with Gasteiger partial charge in [0.1, 0.15) is 6.33 Å². The summed E-state index contributed by atoms with van der Waals surface area (Å²) in [6, 6.07) is 16.7. The molecule has 1 heterocycles. The fourth-order valence-electron chi connectivity index (χ4n) is 2.13. The van der Waals surface area contributed by atoms with E-state index in [2.05, 4.69) is 10.2 Å². The van der Waals surface area contributed by atoms with Gasteiger partial charge in [-0.25, -0.2) is 0 Å². The minimum atomic E-state index is -0.275. The van der Waals surface area contributed by atoms with Gasteiger partial charge in [0, 0.05) is 16.3 Å². The van der Waals surface area contributed by atoms with Crippen LogP contribution < -0.4 is 0 Å². The predicted molar refractivity (Wildman–Crippen MR) is 92.5 cm³/mol. The van der Waals surface area contributed by atoms with Crippen molar-refractivity contribution in [2.24, 2.45) is 0 Å². The first-order chi connectivity index (χ1) is 11.1. The minimum absolute atomic E-state index is 0.0364. The van der Waals surface area contributed by atoms with Crippen molar-refractivity contribution in [3.05, 3.63) is 71.5 Å². The molecule has 0 bridgehead atoms. The largest absolute Gasteiger partial charge is 0.293 e. The maximum absolute atomic E-state index is 12.5. The van der Waals surface area contributed by atoms with Crippen LogP contribution in [0.4, 0.5) is 0 Å². The standard InChI is InChI=1S/C17H14ClN3OS/c1-12(16(22)13-7-9-14(18)10-8-13)23-17-20-19-11-21(17)15-5-3-2-4-6-15/h2-12H,1H3/t12-/m1/s1. The van der Waals surface area contributed by atoms with Crippen LogP contribution in [0.1, 0.15) is 17.3 Å². The number of ketones is 1. The number of carbonyl (C=O) groups excluding carboxylic acids is 1. The van der Waals surface area contributed by atoms with Gasteiger partial charge in [-0.15, -0.1) is 10.2 Å². The Morgan fingerprint density at radius 2 is 1.83 bits per heavy atom. The molecule has 0 unspecified atom stereocenters. The average molecular weight is 344 g/mol. The monoisotopic (exact) mass is 343 g/mol. The second-order valence-corrected chi connectivity index (χ2v) is 6.69. The van der Waals surface area contributed by atoms with Crippen LogP contribution in [0.15, 0.2) is 66.1 Å². The maximum atomic E-state index is 12.5. The van der Waals surface area contributed by atoms with Gasteiger partial charge in [-0.2, -0.15) is 0 Å². The molecule has 4 nitrogen and oxygen atoms in total. The molecule has 23 heavy (non-hydrogen) atoms. The Morgan fingerprint density at radius 1 is 1.13 bits per heavy atom. The summed E-state index contributed by atoms with van der Waals surface area (Å²) in [5.74, 6) is 0.0364. The number of hydrogen-bond donors (Lipinski definition) is 0. The number of nitrogens with zero attached hydrogens (tertiary/aromatic N) is 3. The van der Waals surface area contributed by atoms with Crippen LogP contribution in [0.5, 0.6) is 0 Å². The second-order valence-electron chi connectivity index (χ2n) is 4.95. The van der Waals surface area contributed by atoms with Crippen molar-refractivity contribution in [2.75, 3.05) is 0 Å². The van der Waals surface area contributed by atoms with Crippen molar-refractivity contribution < 1.29 is 4.79 Å². The van der Waals surface area contributed by atoms with Crippen LogP contribution >= 0.6 is 23.4 Å². The van der Waals surface area contributed by atoms with Crippen molar-refractivity contribution in [3.63, 3.8) is 0 Å². The topological polar surface area (TPSA) is 47.8 Å². The number of aromatic nitrogens is 3. The van der Waals surface area contributed by atoms with Crippen LogP contribution in [0, 0.1) is 0 Å². The predicted octanol–water partition coefficient (Wildman–Crippen LogP) is 4.28. The zero-order valence-corrected chi connectivity index (χ0v) is 14.0. The molecule has 3 rings (SSSR count). The molecule has 0 radical (unpaired) electrons. The Morgan fingerprint density at radius 3 is 2.52 bits per heavy atom. The van der Waals surface area contributed by atoms with Crippen LogP contribution in [0.3, 0.4) is 0 Å². The summed E-state index contributed by atoms with van der Waals surface area (Å²) in [5.41, 5.74) is 1.60. The molecule has 0 spiro atoms. The fraction of sp³-hybridized carbons (Fsp3) is 0.118. The van der Waals surface area contributed by atoms with E-state index in [4.69, 9.17) is 11.6 Å². The average Bonchev–Trinajstić information content (AvgIpc) is 3.04. The van der Waals surface area contributed by atoms with Gasteiger partial charge in [-0.05, 0) is 43.3 Å². The van der Waals surface area contributed by atoms with Crippen LogP contribution in [-0.4, -0.2) is 25.8 Å². The summed E-state index contributed by atoms with van der Waals surface area (Å²) in [7, 11) is 0. The van der Waals surface area contributed by atoms with E-state index in [0.717, 1.165) is 5.69 Å². The molecule has 0 aliphatic carbocycles. The number of para-hydroxylation sites is 1. The van der Waals surface area contributed by atoms with Crippen LogP contribution in [-0.2, 0) is 0 Å². The smallest absolute Gasteiger partial charge is 0.196 e. The molecule has 0 N–H and O–H groups in total. The van der Waals surface area contributed by atoms with Gasteiger partial charge < -0.3 is 0 Å². The maximum Gasteiger partial charge on any atom is 0.196 e. The highest BCUT2D eigenvalue weighted by Crippen LogP contribution is 2.26. The second kappa shape index (κ2) is 6.98. The Balaban J connectivity index is 1.79. The quantitative estimate of drug-likeness (QED) is 0.512. The normalized spacial score (nSPS) is 12.1. The molecule has 6 heteroatoms. The third-order valence-corrected chi connectivity index (χ3v) is 4.64. The molecule has 0 aliphatic heterocycles. The summed E-state index contributed by atoms with van der Waals surface area (Å²) in [6.45, 7) is 1.87. The highest BCUT2D eigenvalue weighted by molar-refractivity contribution is 8.00. The molecule has 0 fully saturated rings. The number of Topliss-reactive ketones (excluding diaryl/α,β-unsaturated/α-hetero) is 1. The van der Waals surface area contributed by atoms with E-state index in [9.17, 15) is 4.79 Å². The Bertz CT molecular complexity index is 802. The van der Waals surface area contributed by atoms with E-state index in [1.165, 1.54) is 11.8 Å². The van der Waals surface area contributed by atoms with Crippen molar-refractivity contribution >= 4 is 29.1 Å². The molecule has 0 saturated heterocycles. The van der Waals surface area contributed by atoms with E-state index in [1.807, 2.05) is 41.8 Å². The van der Waals surface area contributed by atoms with Gasteiger partial charge in [-0.1, -0.05) is 41.6 Å². The van der Waals surface area contributed by atoms with Crippen molar-refractivity contribution in [1.29, 1.82) is 0 Å². The lowest BCUT2D eigenvalue weighted by atomic mass is 10.1. The Kier molecular flexibility index (Phi) is 4.79. The lowest BCUT2D eigenvalue weighted by Crippen LogP contribution is -2.14. The van der Waals surface area contributed by atoms with Gasteiger partial charge in [0.15, 0.2) is 10.9 Å².